The lowest BCUT2D eigenvalue weighted by molar-refractivity contribution is -0.384. The van der Waals surface area contributed by atoms with Crippen molar-refractivity contribution in [2.75, 3.05) is 0 Å². The van der Waals surface area contributed by atoms with Crippen molar-refractivity contribution in [3.8, 4) is 0 Å². The summed E-state index contributed by atoms with van der Waals surface area (Å²) in [7, 11) is 0. The summed E-state index contributed by atoms with van der Waals surface area (Å²) in [5.41, 5.74) is 1.09. The summed E-state index contributed by atoms with van der Waals surface area (Å²) in [6.07, 6.45) is 4.59. The van der Waals surface area contributed by atoms with Gasteiger partial charge >= 0.3 is 0 Å². The van der Waals surface area contributed by atoms with E-state index in [1.165, 1.54) is 18.6 Å². The van der Waals surface area contributed by atoms with E-state index in [0.29, 0.717) is 12.5 Å². The van der Waals surface area contributed by atoms with Crippen molar-refractivity contribution in [3.63, 3.8) is 0 Å². The lowest BCUT2D eigenvalue weighted by Crippen LogP contribution is -1.95. The maximum absolute atomic E-state index is 10.5. The first-order chi connectivity index (χ1) is 8.24. The number of benzene rings is 1. The highest BCUT2D eigenvalue weighted by atomic mass is 16.6. The predicted octanol–water partition coefficient (Wildman–Crippen LogP) is 3.04. The monoisotopic (exact) mass is 231 g/mol. The highest BCUT2D eigenvalue weighted by molar-refractivity contribution is 5.32. The normalized spacial score (nSPS) is 25.1. The molecule has 1 aromatic carbocycles. The minimum atomic E-state index is -0.390. The van der Waals surface area contributed by atoms with Crippen LogP contribution in [0.2, 0.25) is 0 Å². The number of fused-ring (bicyclic) bond motifs is 1. The van der Waals surface area contributed by atoms with Gasteiger partial charge in [-0.3, -0.25) is 10.1 Å². The molecule has 0 radical (unpaired) electrons. The number of ether oxygens (including phenoxy) is 1. The van der Waals surface area contributed by atoms with Crippen LogP contribution < -0.4 is 0 Å². The van der Waals surface area contributed by atoms with Crippen LogP contribution in [0.5, 0.6) is 0 Å². The third-order valence-electron chi connectivity index (χ3n) is 3.46. The Morgan fingerprint density at radius 1 is 1.35 bits per heavy atom. The number of hydrogen-bond acceptors (Lipinski definition) is 3. The summed E-state index contributed by atoms with van der Waals surface area (Å²) in [5.74, 6) is 2.61. The van der Waals surface area contributed by atoms with Gasteiger partial charge < -0.3 is 4.74 Å². The van der Waals surface area contributed by atoms with Crippen LogP contribution in [-0.2, 0) is 11.3 Å². The molecule has 17 heavy (non-hydrogen) atoms. The molecule has 0 heterocycles. The zero-order valence-corrected chi connectivity index (χ0v) is 9.33. The SMILES string of the molecule is O=[N+]([O-])c1ccc(COC2=CCC3C[C@H]23)cc1. The predicted molar refractivity (Wildman–Crippen MR) is 62.2 cm³/mol. The molecule has 1 unspecified atom stereocenters. The van der Waals surface area contributed by atoms with Gasteiger partial charge in [0, 0.05) is 18.1 Å². The van der Waals surface area contributed by atoms with Crippen molar-refractivity contribution < 1.29 is 9.66 Å². The van der Waals surface area contributed by atoms with Gasteiger partial charge in [0.05, 0.1) is 10.7 Å². The van der Waals surface area contributed by atoms with Gasteiger partial charge in [0.1, 0.15) is 6.61 Å². The van der Waals surface area contributed by atoms with Crippen LogP contribution in [0.1, 0.15) is 18.4 Å². The van der Waals surface area contributed by atoms with Gasteiger partial charge in [-0.25, -0.2) is 0 Å². The second-order valence-electron chi connectivity index (χ2n) is 4.66. The fourth-order valence-electron chi connectivity index (χ4n) is 2.32. The summed E-state index contributed by atoms with van der Waals surface area (Å²) in [4.78, 5) is 10.1. The summed E-state index contributed by atoms with van der Waals surface area (Å²) in [6, 6.07) is 6.53. The van der Waals surface area contributed by atoms with Crippen molar-refractivity contribution in [3.05, 3.63) is 51.8 Å². The molecule has 0 N–H and O–H groups in total. The third-order valence-corrected chi connectivity index (χ3v) is 3.46. The van der Waals surface area contributed by atoms with Gasteiger partial charge in [-0.05, 0) is 42.5 Å². The molecule has 2 aliphatic carbocycles. The van der Waals surface area contributed by atoms with Gasteiger partial charge in [0.2, 0.25) is 0 Å². The number of nitro benzene ring substituents is 1. The Labute approximate surface area is 99.1 Å². The number of nitro groups is 1. The second-order valence-corrected chi connectivity index (χ2v) is 4.66. The minimum absolute atomic E-state index is 0.121. The van der Waals surface area contributed by atoms with Crippen LogP contribution >= 0.6 is 0 Å². The third kappa shape index (κ3) is 2.02. The maximum atomic E-state index is 10.5. The Kier molecular flexibility index (Phi) is 2.35. The van der Waals surface area contributed by atoms with Crippen molar-refractivity contribution in [2.24, 2.45) is 11.8 Å². The molecule has 1 saturated carbocycles. The average molecular weight is 231 g/mol. The van der Waals surface area contributed by atoms with Gasteiger partial charge in [-0.15, -0.1) is 0 Å². The maximum Gasteiger partial charge on any atom is 0.269 e. The van der Waals surface area contributed by atoms with E-state index in [1.807, 2.05) is 0 Å². The molecule has 1 aromatic rings. The standard InChI is InChI=1S/C13H13NO3/c15-14(16)11-4-1-9(2-5-11)8-17-13-6-3-10-7-12(10)13/h1-2,4-6,10,12H,3,7-8H2/t10?,12-/m0/s1. The molecule has 0 spiro atoms. The molecule has 0 aliphatic heterocycles. The molecule has 1 fully saturated rings. The van der Waals surface area contributed by atoms with Crippen molar-refractivity contribution in [2.45, 2.75) is 19.4 Å². The van der Waals surface area contributed by atoms with Gasteiger partial charge in [0.25, 0.3) is 5.69 Å². The summed E-state index contributed by atoms with van der Waals surface area (Å²) >= 11 is 0. The quantitative estimate of drug-likeness (QED) is 0.591. The van der Waals surface area contributed by atoms with Crippen LogP contribution in [0.4, 0.5) is 5.69 Å². The molecular weight excluding hydrogens is 218 g/mol. The first kappa shape index (κ1) is 10.3. The number of non-ortho nitro benzene ring substituents is 1. The molecule has 88 valence electrons. The number of allylic oxidation sites excluding steroid dienone is 2. The minimum Gasteiger partial charge on any atom is -0.493 e. The van der Waals surface area contributed by atoms with E-state index < -0.39 is 0 Å². The van der Waals surface area contributed by atoms with Gasteiger partial charge in [0.15, 0.2) is 0 Å². The molecule has 0 bridgehead atoms. The highest BCUT2D eigenvalue weighted by Crippen LogP contribution is 2.52. The number of nitrogens with zero attached hydrogens (tertiary/aromatic N) is 1. The lowest BCUT2D eigenvalue weighted by atomic mass is 10.2. The lowest BCUT2D eigenvalue weighted by Gasteiger charge is -2.07. The summed E-state index contributed by atoms with van der Waals surface area (Å²) in [5, 5.41) is 10.5. The fourth-order valence-corrected chi connectivity index (χ4v) is 2.32. The average Bonchev–Trinajstić information content (AvgIpc) is 3.01. The molecule has 2 aliphatic rings. The Hall–Kier alpha value is -1.84. The van der Waals surface area contributed by atoms with E-state index in [1.54, 1.807) is 12.1 Å². The molecule has 4 heteroatoms. The van der Waals surface area contributed by atoms with Crippen LogP contribution in [0.25, 0.3) is 0 Å². The highest BCUT2D eigenvalue weighted by Gasteiger charge is 2.44. The zero-order chi connectivity index (χ0) is 11.8. The topological polar surface area (TPSA) is 52.4 Å². The zero-order valence-electron chi connectivity index (χ0n) is 9.33. The van der Waals surface area contributed by atoms with E-state index in [9.17, 15) is 10.1 Å². The van der Waals surface area contributed by atoms with Crippen molar-refractivity contribution >= 4 is 5.69 Å². The summed E-state index contributed by atoms with van der Waals surface area (Å²) < 4.78 is 5.73. The van der Waals surface area contributed by atoms with Crippen LogP contribution in [0.3, 0.4) is 0 Å². The Morgan fingerprint density at radius 3 is 2.65 bits per heavy atom. The first-order valence-electron chi connectivity index (χ1n) is 5.80. The van der Waals surface area contributed by atoms with Crippen molar-refractivity contribution in [1.82, 2.24) is 0 Å². The Balaban J connectivity index is 1.59. The second kappa shape index (κ2) is 3.87. The van der Waals surface area contributed by atoms with Crippen molar-refractivity contribution in [1.29, 1.82) is 0 Å². The molecule has 0 saturated heterocycles. The molecule has 0 aromatic heterocycles. The fraction of sp³-hybridized carbons (Fsp3) is 0.385. The van der Waals surface area contributed by atoms with Crippen LogP contribution in [-0.4, -0.2) is 4.92 Å². The molecule has 4 nitrogen and oxygen atoms in total. The van der Waals surface area contributed by atoms with E-state index in [2.05, 4.69) is 6.08 Å². The number of hydrogen-bond donors (Lipinski definition) is 0. The number of rotatable bonds is 4. The molecule has 0 amide bonds. The van der Waals surface area contributed by atoms with Gasteiger partial charge in [-0.2, -0.15) is 0 Å². The van der Waals surface area contributed by atoms with E-state index >= 15 is 0 Å². The van der Waals surface area contributed by atoms with Gasteiger partial charge in [-0.1, -0.05) is 0 Å². The Bertz CT molecular complexity index is 478. The molecular formula is C13H13NO3. The van der Waals surface area contributed by atoms with Crippen LogP contribution in [0, 0.1) is 22.0 Å². The Morgan fingerprint density at radius 2 is 2.12 bits per heavy atom. The van der Waals surface area contributed by atoms with E-state index in [0.717, 1.165) is 23.7 Å². The largest absolute Gasteiger partial charge is 0.493 e. The molecule has 3 rings (SSSR count). The smallest absolute Gasteiger partial charge is 0.269 e. The van der Waals surface area contributed by atoms with Crippen LogP contribution in [0.15, 0.2) is 36.1 Å². The first-order valence-corrected chi connectivity index (χ1v) is 5.80. The van der Waals surface area contributed by atoms with E-state index in [4.69, 9.17) is 4.74 Å². The molecule has 2 atom stereocenters. The van der Waals surface area contributed by atoms with E-state index in [-0.39, 0.29) is 10.6 Å². The summed E-state index contributed by atoms with van der Waals surface area (Å²) in [6.45, 7) is 0.507.